The highest BCUT2D eigenvalue weighted by molar-refractivity contribution is 7.94. The number of sulfone groups is 1. The molecule has 0 fully saturated rings. The standard InChI is InChI=1S/C13H12FNO3S/c1-9-13(10(2)18-15-9)19(16,17)8-7-11-3-5-12(14)6-4-11/h3-8H,1-2H3. The van der Waals surface area contributed by atoms with Crippen LogP contribution in [-0.2, 0) is 9.84 Å². The Morgan fingerprint density at radius 1 is 1.21 bits per heavy atom. The number of hydrogen-bond acceptors (Lipinski definition) is 4. The molecule has 2 aromatic rings. The molecule has 1 aromatic heterocycles. The van der Waals surface area contributed by atoms with Gasteiger partial charge in [-0.2, -0.15) is 0 Å². The van der Waals surface area contributed by atoms with Gasteiger partial charge in [0.2, 0.25) is 9.84 Å². The summed E-state index contributed by atoms with van der Waals surface area (Å²) < 4.78 is 41.8. The van der Waals surface area contributed by atoms with Gasteiger partial charge in [-0.25, -0.2) is 12.8 Å². The van der Waals surface area contributed by atoms with E-state index < -0.39 is 9.84 Å². The fourth-order valence-corrected chi connectivity index (χ4v) is 3.05. The summed E-state index contributed by atoms with van der Waals surface area (Å²) in [6.07, 6.45) is 1.40. The molecule has 100 valence electrons. The molecule has 0 atom stereocenters. The van der Waals surface area contributed by atoms with Gasteiger partial charge in [0, 0.05) is 5.41 Å². The Labute approximate surface area is 110 Å². The second-order valence-electron chi connectivity index (χ2n) is 4.05. The average molecular weight is 281 g/mol. The van der Waals surface area contributed by atoms with E-state index in [1.165, 1.54) is 30.3 Å². The average Bonchev–Trinajstić information content (AvgIpc) is 2.69. The van der Waals surface area contributed by atoms with E-state index in [9.17, 15) is 12.8 Å². The van der Waals surface area contributed by atoms with Crippen LogP contribution in [-0.4, -0.2) is 13.6 Å². The lowest BCUT2D eigenvalue weighted by molar-refractivity contribution is 0.390. The highest BCUT2D eigenvalue weighted by Crippen LogP contribution is 2.21. The maximum Gasteiger partial charge on any atom is 0.205 e. The molecule has 2 rings (SSSR count). The molecule has 0 bridgehead atoms. The van der Waals surface area contributed by atoms with Crippen LogP contribution in [0, 0.1) is 19.7 Å². The molecule has 0 saturated heterocycles. The highest BCUT2D eigenvalue weighted by atomic mass is 32.2. The third-order valence-corrected chi connectivity index (χ3v) is 4.21. The van der Waals surface area contributed by atoms with E-state index in [-0.39, 0.29) is 16.5 Å². The number of nitrogens with zero attached hydrogens (tertiary/aromatic N) is 1. The maximum atomic E-state index is 12.7. The van der Waals surface area contributed by atoms with E-state index in [0.717, 1.165) is 5.41 Å². The summed E-state index contributed by atoms with van der Waals surface area (Å²) in [5.74, 6) is -0.119. The van der Waals surface area contributed by atoms with Gasteiger partial charge in [0.1, 0.15) is 10.7 Å². The number of halogens is 1. The molecule has 0 aliphatic carbocycles. The summed E-state index contributed by atoms with van der Waals surface area (Å²) in [5.41, 5.74) is 0.915. The molecule has 0 spiro atoms. The quantitative estimate of drug-likeness (QED) is 0.868. The van der Waals surface area contributed by atoms with Crippen molar-refractivity contribution < 1.29 is 17.3 Å². The first-order chi connectivity index (χ1) is 8.90. The molecule has 0 aliphatic heterocycles. The van der Waals surface area contributed by atoms with Crippen LogP contribution in [0.2, 0.25) is 0 Å². The van der Waals surface area contributed by atoms with Gasteiger partial charge < -0.3 is 4.52 Å². The van der Waals surface area contributed by atoms with Gasteiger partial charge in [0.05, 0.1) is 5.69 Å². The molecular weight excluding hydrogens is 269 g/mol. The van der Waals surface area contributed by atoms with Crippen LogP contribution in [0.15, 0.2) is 39.1 Å². The molecule has 0 radical (unpaired) electrons. The Kier molecular flexibility index (Phi) is 3.53. The van der Waals surface area contributed by atoms with Crippen molar-refractivity contribution in [3.8, 4) is 0 Å². The maximum absolute atomic E-state index is 12.7. The Morgan fingerprint density at radius 2 is 1.84 bits per heavy atom. The van der Waals surface area contributed by atoms with Gasteiger partial charge in [0.25, 0.3) is 0 Å². The van der Waals surface area contributed by atoms with Crippen LogP contribution >= 0.6 is 0 Å². The summed E-state index contributed by atoms with van der Waals surface area (Å²) in [6.45, 7) is 3.10. The van der Waals surface area contributed by atoms with Gasteiger partial charge in [-0.15, -0.1) is 0 Å². The molecule has 0 aliphatic rings. The van der Waals surface area contributed by atoms with E-state index in [2.05, 4.69) is 5.16 Å². The molecular formula is C13H12FNO3S. The fourth-order valence-electron chi connectivity index (χ4n) is 1.69. The summed E-state index contributed by atoms with van der Waals surface area (Å²) in [4.78, 5) is 0.0749. The van der Waals surface area contributed by atoms with E-state index in [1.807, 2.05) is 0 Å². The molecule has 0 N–H and O–H groups in total. The van der Waals surface area contributed by atoms with Crippen molar-refractivity contribution in [3.05, 3.63) is 52.5 Å². The van der Waals surface area contributed by atoms with Gasteiger partial charge in [-0.3, -0.25) is 0 Å². The molecule has 0 unspecified atom stereocenters. The van der Waals surface area contributed by atoms with E-state index >= 15 is 0 Å². The number of hydrogen-bond donors (Lipinski definition) is 0. The molecule has 0 saturated carbocycles. The molecule has 4 nitrogen and oxygen atoms in total. The smallest absolute Gasteiger partial charge is 0.205 e. The first kappa shape index (κ1) is 13.5. The topological polar surface area (TPSA) is 60.2 Å². The second-order valence-corrected chi connectivity index (χ2v) is 5.82. The molecule has 1 heterocycles. The van der Waals surface area contributed by atoms with Crippen molar-refractivity contribution in [1.82, 2.24) is 5.16 Å². The molecule has 1 aromatic carbocycles. The van der Waals surface area contributed by atoms with Gasteiger partial charge in [0.15, 0.2) is 5.76 Å². The summed E-state index contributed by atoms with van der Waals surface area (Å²) in [7, 11) is -3.62. The van der Waals surface area contributed by atoms with E-state index in [1.54, 1.807) is 13.8 Å². The van der Waals surface area contributed by atoms with Crippen LogP contribution < -0.4 is 0 Å². The van der Waals surface area contributed by atoms with Crippen molar-refractivity contribution in [3.63, 3.8) is 0 Å². The number of benzene rings is 1. The van der Waals surface area contributed by atoms with Crippen molar-refractivity contribution >= 4 is 15.9 Å². The number of aryl methyl sites for hydroxylation is 2. The van der Waals surface area contributed by atoms with Gasteiger partial charge in [-0.1, -0.05) is 17.3 Å². The predicted octanol–water partition coefficient (Wildman–Crippen LogP) is 2.88. The zero-order chi connectivity index (χ0) is 14.0. The van der Waals surface area contributed by atoms with E-state index in [4.69, 9.17) is 4.52 Å². The lowest BCUT2D eigenvalue weighted by Gasteiger charge is -1.97. The SMILES string of the molecule is Cc1noc(C)c1S(=O)(=O)C=Cc1ccc(F)cc1. The Balaban J connectivity index is 2.34. The highest BCUT2D eigenvalue weighted by Gasteiger charge is 2.21. The second kappa shape index (κ2) is 4.97. The van der Waals surface area contributed by atoms with Crippen molar-refractivity contribution in [2.24, 2.45) is 0 Å². The Hall–Kier alpha value is -1.95. The zero-order valence-electron chi connectivity index (χ0n) is 10.4. The summed E-state index contributed by atoms with van der Waals surface area (Å²) in [5, 5.41) is 4.67. The monoisotopic (exact) mass is 281 g/mol. The first-order valence-corrected chi connectivity index (χ1v) is 7.06. The minimum atomic E-state index is -3.62. The van der Waals surface area contributed by atoms with Gasteiger partial charge >= 0.3 is 0 Å². The largest absolute Gasteiger partial charge is 0.360 e. The summed E-state index contributed by atoms with van der Waals surface area (Å²) >= 11 is 0. The van der Waals surface area contributed by atoms with Gasteiger partial charge in [-0.05, 0) is 37.6 Å². The van der Waals surface area contributed by atoms with Crippen molar-refractivity contribution in [1.29, 1.82) is 0 Å². The van der Waals surface area contributed by atoms with Crippen LogP contribution in [0.5, 0.6) is 0 Å². The van der Waals surface area contributed by atoms with Crippen molar-refractivity contribution in [2.45, 2.75) is 18.7 Å². The third kappa shape index (κ3) is 2.90. The first-order valence-electron chi connectivity index (χ1n) is 5.52. The Bertz CT molecular complexity index is 695. The predicted molar refractivity (Wildman–Crippen MR) is 68.6 cm³/mol. The lowest BCUT2D eigenvalue weighted by atomic mass is 10.2. The minimum Gasteiger partial charge on any atom is -0.360 e. The van der Waals surface area contributed by atoms with Crippen molar-refractivity contribution in [2.75, 3.05) is 0 Å². The number of rotatable bonds is 3. The van der Waals surface area contributed by atoms with Crippen LogP contribution in [0.25, 0.3) is 6.08 Å². The fraction of sp³-hybridized carbons (Fsp3) is 0.154. The normalized spacial score (nSPS) is 12.2. The lowest BCUT2D eigenvalue weighted by Crippen LogP contribution is -1.98. The minimum absolute atomic E-state index is 0.0749. The van der Waals surface area contributed by atoms with Crippen LogP contribution in [0.1, 0.15) is 17.0 Å². The molecule has 6 heteroatoms. The molecule has 0 amide bonds. The Morgan fingerprint density at radius 3 is 2.37 bits per heavy atom. The number of aromatic nitrogens is 1. The zero-order valence-corrected chi connectivity index (χ0v) is 11.2. The van der Waals surface area contributed by atoms with Crippen LogP contribution in [0.3, 0.4) is 0 Å². The molecule has 19 heavy (non-hydrogen) atoms. The van der Waals surface area contributed by atoms with Crippen LogP contribution in [0.4, 0.5) is 4.39 Å². The summed E-state index contributed by atoms with van der Waals surface area (Å²) in [6, 6.07) is 5.52. The third-order valence-electron chi connectivity index (χ3n) is 2.56. The van der Waals surface area contributed by atoms with E-state index in [0.29, 0.717) is 11.3 Å².